The summed E-state index contributed by atoms with van der Waals surface area (Å²) in [7, 11) is 3.11. The van der Waals surface area contributed by atoms with Crippen LogP contribution in [0, 0.1) is 5.41 Å². The lowest BCUT2D eigenvalue weighted by atomic mass is 9.91. The van der Waals surface area contributed by atoms with E-state index in [4.69, 9.17) is 9.47 Å². The molecule has 144 valence electrons. The van der Waals surface area contributed by atoms with Gasteiger partial charge in [-0.05, 0) is 49.2 Å². The van der Waals surface area contributed by atoms with E-state index in [1.165, 1.54) is 0 Å². The standard InChI is InChI=1S/C20H25N3O4/c1-20(2,18(24)22-12-14-7-9-21-10-8-14)19(25)23-13-15-5-6-16(26-3)17(11-15)27-4/h5-11H,12-13H2,1-4H3,(H,22,24)(H,23,25). The molecular formula is C20H25N3O4. The van der Waals surface area contributed by atoms with Crippen LogP contribution in [0.1, 0.15) is 25.0 Å². The molecule has 0 fully saturated rings. The first-order chi connectivity index (χ1) is 12.9. The Kier molecular flexibility index (Phi) is 6.76. The van der Waals surface area contributed by atoms with Gasteiger partial charge in [0.05, 0.1) is 14.2 Å². The Morgan fingerprint density at radius 1 is 0.889 bits per heavy atom. The quantitative estimate of drug-likeness (QED) is 0.694. The number of carbonyl (C=O) groups is 2. The van der Waals surface area contributed by atoms with E-state index in [1.807, 2.05) is 18.2 Å². The van der Waals surface area contributed by atoms with Crippen LogP contribution in [0.25, 0.3) is 0 Å². The molecule has 2 aromatic rings. The summed E-state index contributed by atoms with van der Waals surface area (Å²) >= 11 is 0. The molecule has 0 atom stereocenters. The number of amides is 2. The second kappa shape index (κ2) is 9.02. The summed E-state index contributed by atoms with van der Waals surface area (Å²) in [4.78, 5) is 28.9. The average molecular weight is 371 g/mol. The van der Waals surface area contributed by atoms with Gasteiger partial charge < -0.3 is 20.1 Å². The first kappa shape index (κ1) is 20.2. The van der Waals surface area contributed by atoms with Gasteiger partial charge in [-0.25, -0.2) is 0 Å². The van der Waals surface area contributed by atoms with Crippen molar-refractivity contribution < 1.29 is 19.1 Å². The smallest absolute Gasteiger partial charge is 0.235 e. The van der Waals surface area contributed by atoms with Gasteiger partial charge in [0, 0.05) is 25.5 Å². The van der Waals surface area contributed by atoms with Gasteiger partial charge in [-0.1, -0.05) is 6.07 Å². The fourth-order valence-electron chi connectivity index (χ4n) is 2.40. The molecule has 1 aromatic heterocycles. The third kappa shape index (κ3) is 5.20. The molecule has 0 aliphatic heterocycles. The molecule has 1 heterocycles. The molecule has 2 rings (SSSR count). The highest BCUT2D eigenvalue weighted by molar-refractivity contribution is 6.04. The highest BCUT2D eigenvalue weighted by Gasteiger charge is 2.35. The molecule has 27 heavy (non-hydrogen) atoms. The van der Waals surface area contributed by atoms with Gasteiger partial charge >= 0.3 is 0 Å². The fraction of sp³-hybridized carbons (Fsp3) is 0.350. The number of aromatic nitrogens is 1. The van der Waals surface area contributed by atoms with E-state index < -0.39 is 5.41 Å². The van der Waals surface area contributed by atoms with Gasteiger partial charge in [-0.3, -0.25) is 14.6 Å². The van der Waals surface area contributed by atoms with Crippen molar-refractivity contribution in [2.24, 2.45) is 5.41 Å². The van der Waals surface area contributed by atoms with Crippen molar-refractivity contribution in [1.82, 2.24) is 15.6 Å². The molecule has 0 aliphatic rings. The number of hydrogen-bond acceptors (Lipinski definition) is 5. The maximum atomic E-state index is 12.5. The molecule has 7 nitrogen and oxygen atoms in total. The summed E-state index contributed by atoms with van der Waals surface area (Å²) in [5.74, 6) is 0.496. The van der Waals surface area contributed by atoms with Gasteiger partial charge in [-0.2, -0.15) is 0 Å². The minimum Gasteiger partial charge on any atom is -0.493 e. The molecule has 0 saturated carbocycles. The third-order valence-electron chi connectivity index (χ3n) is 4.24. The summed E-state index contributed by atoms with van der Waals surface area (Å²) in [6.07, 6.45) is 3.31. The molecular weight excluding hydrogens is 346 g/mol. The highest BCUT2D eigenvalue weighted by Crippen LogP contribution is 2.27. The van der Waals surface area contributed by atoms with Gasteiger partial charge in [0.25, 0.3) is 0 Å². The van der Waals surface area contributed by atoms with Gasteiger partial charge in [-0.15, -0.1) is 0 Å². The maximum Gasteiger partial charge on any atom is 0.235 e. The molecule has 0 spiro atoms. The molecule has 2 amide bonds. The summed E-state index contributed by atoms with van der Waals surface area (Å²) in [5.41, 5.74) is 0.553. The fourth-order valence-corrected chi connectivity index (χ4v) is 2.40. The second-order valence-corrected chi connectivity index (χ2v) is 6.54. The van der Waals surface area contributed by atoms with Crippen LogP contribution < -0.4 is 20.1 Å². The van der Waals surface area contributed by atoms with Crippen molar-refractivity contribution in [1.29, 1.82) is 0 Å². The second-order valence-electron chi connectivity index (χ2n) is 6.54. The van der Waals surface area contributed by atoms with E-state index in [1.54, 1.807) is 52.6 Å². The third-order valence-corrected chi connectivity index (χ3v) is 4.24. The largest absolute Gasteiger partial charge is 0.493 e. The van der Waals surface area contributed by atoms with Crippen LogP contribution in [0.4, 0.5) is 0 Å². The Bertz CT molecular complexity index is 791. The van der Waals surface area contributed by atoms with Crippen molar-refractivity contribution in [3.63, 3.8) is 0 Å². The molecule has 0 radical (unpaired) electrons. The summed E-state index contributed by atoms with van der Waals surface area (Å²) in [6.45, 7) is 3.81. The van der Waals surface area contributed by atoms with E-state index >= 15 is 0 Å². The summed E-state index contributed by atoms with van der Waals surface area (Å²) in [6, 6.07) is 9.01. The zero-order valence-corrected chi connectivity index (χ0v) is 16.0. The van der Waals surface area contributed by atoms with Crippen LogP contribution >= 0.6 is 0 Å². The summed E-state index contributed by atoms with van der Waals surface area (Å²) < 4.78 is 10.5. The van der Waals surface area contributed by atoms with Gasteiger partial charge in [0.2, 0.25) is 11.8 Å². The van der Waals surface area contributed by atoms with Crippen LogP contribution in [-0.4, -0.2) is 31.0 Å². The molecule has 2 N–H and O–H groups in total. The number of carbonyl (C=O) groups excluding carboxylic acids is 2. The number of benzene rings is 1. The number of pyridine rings is 1. The summed E-state index contributed by atoms with van der Waals surface area (Å²) in [5, 5.41) is 5.59. The molecule has 0 unspecified atom stereocenters. The number of nitrogens with zero attached hydrogens (tertiary/aromatic N) is 1. The highest BCUT2D eigenvalue weighted by atomic mass is 16.5. The minimum atomic E-state index is -1.20. The number of methoxy groups -OCH3 is 2. The Labute approximate surface area is 159 Å². The van der Waals surface area contributed by atoms with E-state index in [9.17, 15) is 9.59 Å². The zero-order valence-electron chi connectivity index (χ0n) is 16.0. The van der Waals surface area contributed by atoms with Crippen LogP contribution in [0.3, 0.4) is 0 Å². The van der Waals surface area contributed by atoms with Crippen LogP contribution in [-0.2, 0) is 22.7 Å². The van der Waals surface area contributed by atoms with E-state index in [0.29, 0.717) is 18.0 Å². The molecule has 1 aromatic carbocycles. The Morgan fingerprint density at radius 3 is 2.00 bits per heavy atom. The van der Waals surface area contributed by atoms with Crippen LogP contribution in [0.5, 0.6) is 11.5 Å². The van der Waals surface area contributed by atoms with Crippen molar-refractivity contribution in [3.8, 4) is 11.5 Å². The first-order valence-corrected chi connectivity index (χ1v) is 8.55. The maximum absolute atomic E-state index is 12.5. The molecule has 0 saturated heterocycles. The van der Waals surface area contributed by atoms with Crippen molar-refractivity contribution in [2.45, 2.75) is 26.9 Å². The minimum absolute atomic E-state index is 0.278. The molecule has 0 aliphatic carbocycles. The zero-order chi connectivity index (χ0) is 19.9. The van der Waals surface area contributed by atoms with Crippen molar-refractivity contribution >= 4 is 11.8 Å². The van der Waals surface area contributed by atoms with E-state index in [2.05, 4.69) is 15.6 Å². The Morgan fingerprint density at radius 2 is 1.44 bits per heavy atom. The number of hydrogen-bond donors (Lipinski definition) is 2. The van der Waals surface area contributed by atoms with Crippen LogP contribution in [0.2, 0.25) is 0 Å². The first-order valence-electron chi connectivity index (χ1n) is 8.55. The SMILES string of the molecule is COc1ccc(CNC(=O)C(C)(C)C(=O)NCc2ccncc2)cc1OC. The van der Waals surface area contributed by atoms with Crippen molar-refractivity contribution in [2.75, 3.05) is 14.2 Å². The Balaban J connectivity index is 1.94. The van der Waals surface area contributed by atoms with E-state index in [0.717, 1.165) is 11.1 Å². The molecule has 7 heteroatoms. The topological polar surface area (TPSA) is 89.5 Å². The number of nitrogens with one attached hydrogen (secondary N) is 2. The van der Waals surface area contributed by atoms with Gasteiger partial charge in [0.15, 0.2) is 11.5 Å². The monoisotopic (exact) mass is 371 g/mol. The molecule has 0 bridgehead atoms. The number of ether oxygens (including phenoxy) is 2. The average Bonchev–Trinajstić information content (AvgIpc) is 2.70. The van der Waals surface area contributed by atoms with Crippen molar-refractivity contribution in [3.05, 3.63) is 53.9 Å². The predicted molar refractivity (Wildman–Crippen MR) is 101 cm³/mol. The lowest BCUT2D eigenvalue weighted by Crippen LogP contribution is -2.47. The van der Waals surface area contributed by atoms with Gasteiger partial charge in [0.1, 0.15) is 5.41 Å². The van der Waals surface area contributed by atoms with Crippen LogP contribution in [0.15, 0.2) is 42.7 Å². The normalized spacial score (nSPS) is 10.8. The lowest BCUT2D eigenvalue weighted by Gasteiger charge is -2.23. The van der Waals surface area contributed by atoms with E-state index in [-0.39, 0.29) is 18.4 Å². The predicted octanol–water partition coefficient (Wildman–Crippen LogP) is 2.06. The lowest BCUT2D eigenvalue weighted by molar-refractivity contribution is -0.141. The number of rotatable bonds is 8. The Hall–Kier alpha value is -3.09.